The number of anilines is 1. The van der Waals surface area contributed by atoms with Crippen molar-refractivity contribution < 1.29 is 18.7 Å². The van der Waals surface area contributed by atoms with E-state index in [1.165, 1.54) is 30.5 Å². The zero-order chi connectivity index (χ0) is 16.8. The van der Waals surface area contributed by atoms with Gasteiger partial charge in [-0.05, 0) is 37.3 Å². The number of aromatic hydroxyl groups is 1. The van der Waals surface area contributed by atoms with E-state index < -0.39 is 23.6 Å². The van der Waals surface area contributed by atoms with Gasteiger partial charge in [-0.15, -0.1) is 0 Å². The first-order chi connectivity index (χ1) is 11.0. The van der Waals surface area contributed by atoms with Gasteiger partial charge in [-0.3, -0.25) is 4.79 Å². The van der Waals surface area contributed by atoms with E-state index in [2.05, 4.69) is 15.8 Å². The van der Waals surface area contributed by atoms with Crippen LogP contribution in [-0.4, -0.2) is 23.3 Å². The maximum atomic E-state index is 13.1. The summed E-state index contributed by atoms with van der Waals surface area (Å²) in [7, 11) is 0. The lowest BCUT2D eigenvalue weighted by Gasteiger charge is -2.13. The van der Waals surface area contributed by atoms with E-state index >= 15 is 0 Å². The summed E-state index contributed by atoms with van der Waals surface area (Å²) < 4.78 is 25.9. The first-order valence-electron chi connectivity index (χ1n) is 6.79. The Bertz CT molecular complexity index is 735. The lowest BCUT2D eigenvalue weighted by molar-refractivity contribution is -0.121. The number of halogens is 2. The molecule has 2 aromatic carbocycles. The smallest absolute Gasteiger partial charge is 0.262 e. The van der Waals surface area contributed by atoms with Crippen LogP contribution in [0, 0.1) is 11.6 Å². The van der Waals surface area contributed by atoms with Crippen LogP contribution in [0.4, 0.5) is 14.5 Å². The summed E-state index contributed by atoms with van der Waals surface area (Å²) in [4.78, 5) is 11.9. The number of carbonyl (C=O) groups excluding carboxylic acids is 1. The van der Waals surface area contributed by atoms with E-state index in [4.69, 9.17) is 0 Å². The van der Waals surface area contributed by atoms with Crippen LogP contribution in [0.3, 0.4) is 0 Å². The minimum absolute atomic E-state index is 0.262. The zero-order valence-electron chi connectivity index (χ0n) is 12.3. The molecule has 0 saturated heterocycles. The number of amides is 1. The van der Waals surface area contributed by atoms with Crippen molar-refractivity contribution in [3.63, 3.8) is 0 Å². The van der Waals surface area contributed by atoms with Crippen LogP contribution in [0.1, 0.15) is 12.5 Å². The van der Waals surface area contributed by atoms with Crippen LogP contribution < -0.4 is 10.7 Å². The molecule has 2 rings (SSSR count). The van der Waals surface area contributed by atoms with Gasteiger partial charge in [0, 0.05) is 17.3 Å². The van der Waals surface area contributed by atoms with Gasteiger partial charge in [0.1, 0.15) is 23.4 Å². The Kier molecular flexibility index (Phi) is 5.24. The fourth-order valence-corrected chi connectivity index (χ4v) is 1.78. The van der Waals surface area contributed by atoms with Crippen molar-refractivity contribution in [3.05, 3.63) is 59.7 Å². The van der Waals surface area contributed by atoms with E-state index in [1.54, 1.807) is 13.0 Å². The molecule has 2 aromatic rings. The minimum Gasteiger partial charge on any atom is -0.507 e. The summed E-state index contributed by atoms with van der Waals surface area (Å²) in [5, 5.41) is 16.0. The monoisotopic (exact) mass is 319 g/mol. The molecule has 0 aliphatic heterocycles. The molecule has 120 valence electrons. The molecular weight excluding hydrogens is 304 g/mol. The van der Waals surface area contributed by atoms with Gasteiger partial charge in [0.15, 0.2) is 0 Å². The second-order valence-electron chi connectivity index (χ2n) is 4.81. The molecular formula is C16H15F2N3O2. The predicted octanol–water partition coefficient (Wildman–Crippen LogP) is 2.62. The molecule has 0 aliphatic rings. The summed E-state index contributed by atoms with van der Waals surface area (Å²) in [5.41, 5.74) is 3.00. The van der Waals surface area contributed by atoms with Crippen molar-refractivity contribution in [3.8, 4) is 5.75 Å². The topological polar surface area (TPSA) is 73.7 Å². The summed E-state index contributed by atoms with van der Waals surface area (Å²) in [6.07, 6.45) is 1.20. The summed E-state index contributed by atoms with van der Waals surface area (Å²) in [6.45, 7) is 1.59. The molecule has 0 fully saturated rings. The fraction of sp³-hybridized carbons (Fsp3) is 0.125. The first-order valence-corrected chi connectivity index (χ1v) is 6.79. The molecule has 1 unspecified atom stereocenters. The van der Waals surface area contributed by atoms with Crippen molar-refractivity contribution >= 4 is 17.8 Å². The molecule has 0 radical (unpaired) electrons. The molecule has 0 bridgehead atoms. The molecule has 23 heavy (non-hydrogen) atoms. The number of nitrogens with zero attached hydrogens (tertiary/aromatic N) is 1. The number of rotatable bonds is 5. The van der Waals surface area contributed by atoms with Crippen molar-refractivity contribution in [2.75, 3.05) is 5.32 Å². The molecule has 0 spiro atoms. The number of carbonyl (C=O) groups is 1. The number of hydrogen-bond acceptors (Lipinski definition) is 4. The number of benzene rings is 2. The Morgan fingerprint density at radius 2 is 1.96 bits per heavy atom. The lowest BCUT2D eigenvalue weighted by atomic mass is 10.2. The Morgan fingerprint density at radius 3 is 2.65 bits per heavy atom. The Balaban J connectivity index is 1.92. The zero-order valence-corrected chi connectivity index (χ0v) is 12.3. The SMILES string of the molecule is CC(Nc1cccc(F)c1)C(=O)NN=Cc1ccc(F)cc1O. The van der Waals surface area contributed by atoms with Crippen LogP contribution >= 0.6 is 0 Å². The maximum absolute atomic E-state index is 13.1. The Labute approximate surface area is 131 Å². The normalized spacial score (nSPS) is 12.1. The largest absolute Gasteiger partial charge is 0.507 e. The molecule has 0 aliphatic carbocycles. The summed E-state index contributed by atoms with van der Waals surface area (Å²) in [5.74, 6) is -1.72. The van der Waals surface area contributed by atoms with Gasteiger partial charge in [-0.2, -0.15) is 5.10 Å². The van der Waals surface area contributed by atoms with Crippen molar-refractivity contribution in [2.24, 2.45) is 5.10 Å². The van der Waals surface area contributed by atoms with Crippen molar-refractivity contribution in [1.82, 2.24) is 5.43 Å². The highest BCUT2D eigenvalue weighted by atomic mass is 19.1. The molecule has 7 heteroatoms. The second-order valence-corrected chi connectivity index (χ2v) is 4.81. The molecule has 0 saturated carbocycles. The van der Waals surface area contributed by atoms with Gasteiger partial charge in [0.05, 0.1) is 6.21 Å². The van der Waals surface area contributed by atoms with Crippen molar-refractivity contribution in [2.45, 2.75) is 13.0 Å². The molecule has 1 atom stereocenters. The van der Waals surface area contributed by atoms with Gasteiger partial charge in [-0.1, -0.05) is 6.07 Å². The van der Waals surface area contributed by atoms with E-state index in [0.717, 1.165) is 12.1 Å². The average Bonchev–Trinajstić information content (AvgIpc) is 2.49. The standard InChI is InChI=1S/C16H15F2N3O2/c1-10(20-14-4-2-3-12(17)7-14)16(23)21-19-9-11-5-6-13(18)8-15(11)22/h2-10,20,22H,1H3,(H,21,23). The van der Waals surface area contributed by atoms with Crippen LogP contribution in [0.2, 0.25) is 0 Å². The summed E-state index contributed by atoms with van der Waals surface area (Å²) in [6, 6.07) is 8.50. The highest BCUT2D eigenvalue weighted by Gasteiger charge is 2.11. The molecule has 5 nitrogen and oxygen atoms in total. The molecule has 3 N–H and O–H groups in total. The number of phenols is 1. The van der Waals surface area contributed by atoms with E-state index in [-0.39, 0.29) is 11.3 Å². The molecule has 1 amide bonds. The number of hydrazone groups is 1. The third kappa shape index (κ3) is 4.77. The maximum Gasteiger partial charge on any atom is 0.262 e. The second kappa shape index (κ2) is 7.35. The third-order valence-corrected chi connectivity index (χ3v) is 2.97. The molecule has 0 aromatic heterocycles. The third-order valence-electron chi connectivity index (χ3n) is 2.97. The van der Waals surface area contributed by atoms with E-state index in [1.807, 2.05) is 0 Å². The summed E-state index contributed by atoms with van der Waals surface area (Å²) >= 11 is 0. The lowest BCUT2D eigenvalue weighted by Crippen LogP contribution is -2.34. The van der Waals surface area contributed by atoms with Gasteiger partial charge in [-0.25, -0.2) is 14.2 Å². The van der Waals surface area contributed by atoms with Crippen LogP contribution in [0.15, 0.2) is 47.6 Å². The highest BCUT2D eigenvalue weighted by Crippen LogP contribution is 2.15. The van der Waals surface area contributed by atoms with Crippen molar-refractivity contribution in [1.29, 1.82) is 0 Å². The minimum atomic E-state index is -0.657. The number of nitrogens with one attached hydrogen (secondary N) is 2. The van der Waals surface area contributed by atoms with Gasteiger partial charge < -0.3 is 10.4 Å². The quantitative estimate of drug-likeness (QED) is 0.586. The number of phenolic OH excluding ortho intramolecular Hbond substituents is 1. The van der Waals surface area contributed by atoms with Crippen LogP contribution in [0.5, 0.6) is 5.75 Å². The Hall–Kier alpha value is -2.96. The fourth-order valence-electron chi connectivity index (χ4n) is 1.78. The van der Waals surface area contributed by atoms with E-state index in [0.29, 0.717) is 5.69 Å². The highest BCUT2D eigenvalue weighted by molar-refractivity contribution is 5.87. The van der Waals surface area contributed by atoms with Gasteiger partial charge in [0.25, 0.3) is 5.91 Å². The van der Waals surface area contributed by atoms with Crippen LogP contribution in [0.25, 0.3) is 0 Å². The first kappa shape index (κ1) is 16.4. The molecule has 0 heterocycles. The van der Waals surface area contributed by atoms with Gasteiger partial charge in [0.2, 0.25) is 0 Å². The van der Waals surface area contributed by atoms with Gasteiger partial charge >= 0.3 is 0 Å². The average molecular weight is 319 g/mol. The predicted molar refractivity (Wildman–Crippen MR) is 83.3 cm³/mol. The Morgan fingerprint density at radius 1 is 1.22 bits per heavy atom. The van der Waals surface area contributed by atoms with Crippen LogP contribution in [-0.2, 0) is 4.79 Å². The van der Waals surface area contributed by atoms with E-state index in [9.17, 15) is 18.7 Å². The number of hydrogen-bond donors (Lipinski definition) is 3.